The topological polar surface area (TPSA) is 259 Å². The minimum atomic E-state index is -4.73. The van der Waals surface area contributed by atoms with Crippen LogP contribution in [0, 0.1) is 35.5 Å². The van der Waals surface area contributed by atoms with Gasteiger partial charge in [0.2, 0.25) is 65.0 Å². The standard InChI is InChI=1S/C64H105F4N11O11/c1-14-40(6)55-61(89)75(10)36-53(82)73(8)37-54(83)77(12)50(34-42-20-16-15-17-21-42)60(88)74(9)35-51(80)70-46(25-23-43-22-24-44(45(65)33-43)64(66,67)68)59(87)79-29-26-47(79)58(86)72-63(27-18-19-28-63)62(90)78(13)49(31-39(4)5)56(84)69-41(7)32-52(81)76(11)48(30-38(2)3)57(85)71-55/h38-50,55H,14-37H2,1-13H3,(H,69,84)(H,70,80)(H,71,85)(H,72,86)/t40-,41+,43?,44?,45?,46-,47-,48-,49-,50-,55-/m0/s1. The molecule has 26 heteroatoms. The molecule has 0 radical (unpaired) electrons. The summed E-state index contributed by atoms with van der Waals surface area (Å²) in [4.78, 5) is 167. The Morgan fingerprint density at radius 1 is 0.578 bits per heavy atom. The highest BCUT2D eigenvalue weighted by molar-refractivity contribution is 5.99. The first kappa shape index (κ1) is 74.6. The number of likely N-dealkylation sites (N-methyl/N-ethyl adjacent to an activating group) is 6. The molecule has 0 bridgehead atoms. The van der Waals surface area contributed by atoms with Crippen LogP contribution < -0.4 is 21.3 Å². The smallest absolute Gasteiger partial charge is 0.351 e. The molecule has 3 saturated carbocycles. The second-order valence-corrected chi connectivity index (χ2v) is 27.8. The van der Waals surface area contributed by atoms with Gasteiger partial charge in [0.25, 0.3) is 0 Å². The second-order valence-electron chi connectivity index (χ2n) is 27.8. The van der Waals surface area contributed by atoms with Gasteiger partial charge in [-0.05, 0) is 107 Å². The molecule has 3 aliphatic carbocycles. The number of nitrogens with one attached hydrogen (secondary N) is 4. The number of hydrogen-bond acceptors (Lipinski definition) is 11. The van der Waals surface area contributed by atoms with E-state index in [1.807, 2.05) is 34.6 Å². The molecule has 4 N–H and O–H groups in total. The third-order valence-electron chi connectivity index (χ3n) is 19.7. The average molecular weight is 1280 g/mol. The molecule has 0 aromatic rings. The second kappa shape index (κ2) is 32.9. The van der Waals surface area contributed by atoms with E-state index in [-0.39, 0.29) is 88.5 Å². The lowest BCUT2D eigenvalue weighted by Crippen LogP contribution is -2.67. The average Bonchev–Trinajstić information content (AvgIpc) is 1.37. The summed E-state index contributed by atoms with van der Waals surface area (Å²) in [5.41, 5.74) is -1.49. The number of fused-ring (bicyclic) bond motifs is 1. The van der Waals surface area contributed by atoms with Crippen molar-refractivity contribution >= 4 is 65.0 Å². The van der Waals surface area contributed by atoms with Crippen LogP contribution in [-0.4, -0.2) is 228 Å². The minimum absolute atomic E-state index is 0.0138. The zero-order valence-electron chi connectivity index (χ0n) is 55.7. The fraction of sp³-hybridized carbons (Fsp3) is 0.828. The predicted octanol–water partition coefficient (Wildman–Crippen LogP) is 4.96. The van der Waals surface area contributed by atoms with E-state index in [9.17, 15) is 65.9 Å². The number of amides is 11. The quantitative estimate of drug-likeness (QED) is 0.201. The minimum Gasteiger partial charge on any atom is -0.351 e. The van der Waals surface area contributed by atoms with E-state index in [1.165, 1.54) is 61.9 Å². The van der Waals surface area contributed by atoms with Crippen LogP contribution >= 0.6 is 0 Å². The highest BCUT2D eigenvalue weighted by Gasteiger charge is 2.51. The van der Waals surface area contributed by atoms with Crippen molar-refractivity contribution < 1.29 is 70.3 Å². The van der Waals surface area contributed by atoms with Crippen molar-refractivity contribution in [1.29, 1.82) is 0 Å². The molecule has 0 aromatic carbocycles. The highest BCUT2D eigenvalue weighted by Crippen LogP contribution is 2.43. The monoisotopic (exact) mass is 1280 g/mol. The van der Waals surface area contributed by atoms with Crippen molar-refractivity contribution in [2.24, 2.45) is 35.5 Å². The van der Waals surface area contributed by atoms with Gasteiger partial charge in [-0.2, -0.15) is 13.2 Å². The van der Waals surface area contributed by atoms with Crippen molar-refractivity contribution in [3.05, 3.63) is 0 Å². The van der Waals surface area contributed by atoms with Gasteiger partial charge in [-0.15, -0.1) is 0 Å². The van der Waals surface area contributed by atoms with Gasteiger partial charge in [-0.3, -0.25) is 52.7 Å². The van der Waals surface area contributed by atoms with Crippen LogP contribution in [0.15, 0.2) is 0 Å². The summed E-state index contributed by atoms with van der Waals surface area (Å²) < 4.78 is 56.3. The molecular formula is C64H105F4N11O11. The number of rotatable bonds is 11. The molecule has 90 heavy (non-hydrogen) atoms. The van der Waals surface area contributed by atoms with E-state index >= 15 is 4.39 Å². The molecule has 2 heterocycles. The molecular weight excluding hydrogens is 1170 g/mol. The van der Waals surface area contributed by atoms with Gasteiger partial charge in [0.05, 0.1) is 25.6 Å². The lowest BCUT2D eigenvalue weighted by Gasteiger charge is -2.44. The molecule has 1 spiro atoms. The molecule has 510 valence electrons. The summed E-state index contributed by atoms with van der Waals surface area (Å²) in [5, 5.41) is 11.5. The number of hydrogen-bond donors (Lipinski definition) is 4. The van der Waals surface area contributed by atoms with Crippen molar-refractivity contribution in [2.75, 3.05) is 68.5 Å². The van der Waals surface area contributed by atoms with Crippen LogP contribution in [0.2, 0.25) is 0 Å². The Balaban J connectivity index is 1.52. The van der Waals surface area contributed by atoms with Gasteiger partial charge in [-0.25, -0.2) is 4.39 Å². The first-order chi connectivity index (χ1) is 42.1. The molecule has 0 aromatic heterocycles. The Labute approximate surface area is 530 Å². The van der Waals surface area contributed by atoms with Crippen molar-refractivity contribution in [2.45, 2.75) is 237 Å². The first-order valence-corrected chi connectivity index (χ1v) is 32.9. The lowest BCUT2D eigenvalue weighted by molar-refractivity contribution is -0.201. The van der Waals surface area contributed by atoms with E-state index in [1.54, 1.807) is 13.8 Å². The number of alkyl halides is 4. The maximum atomic E-state index is 15.1. The Hall–Kier alpha value is -6.11. The van der Waals surface area contributed by atoms with Crippen molar-refractivity contribution in [3.8, 4) is 0 Å². The lowest BCUT2D eigenvalue weighted by atomic mass is 9.78. The number of carbonyl (C=O) groups is 11. The van der Waals surface area contributed by atoms with Crippen molar-refractivity contribution in [3.63, 3.8) is 0 Å². The maximum absolute atomic E-state index is 15.1. The number of carbonyl (C=O) groups excluding carboxylic acids is 11. The number of halogens is 4. The Morgan fingerprint density at radius 2 is 1.14 bits per heavy atom. The van der Waals surface area contributed by atoms with Gasteiger partial charge >= 0.3 is 6.18 Å². The molecule has 2 saturated heterocycles. The molecule has 11 amide bonds. The fourth-order valence-corrected chi connectivity index (χ4v) is 13.6. The highest BCUT2D eigenvalue weighted by atomic mass is 19.4. The zero-order chi connectivity index (χ0) is 67.3. The third kappa shape index (κ3) is 19.7. The maximum Gasteiger partial charge on any atom is 0.394 e. The largest absolute Gasteiger partial charge is 0.394 e. The van der Waals surface area contributed by atoms with Crippen LogP contribution in [0.4, 0.5) is 17.6 Å². The van der Waals surface area contributed by atoms with Crippen LogP contribution in [0.1, 0.15) is 177 Å². The Kier molecular flexibility index (Phi) is 27.3. The summed E-state index contributed by atoms with van der Waals surface area (Å²) in [6, 6.07) is -7.70. The van der Waals surface area contributed by atoms with Crippen LogP contribution in [-0.2, 0) is 52.7 Å². The summed E-state index contributed by atoms with van der Waals surface area (Å²) in [5.74, 6) is -10.2. The Morgan fingerprint density at radius 3 is 1.70 bits per heavy atom. The van der Waals surface area contributed by atoms with Crippen LogP contribution in [0.5, 0.6) is 0 Å². The molecule has 22 nitrogen and oxygen atoms in total. The molecule has 5 fully saturated rings. The summed E-state index contributed by atoms with van der Waals surface area (Å²) in [7, 11) is 8.54. The van der Waals surface area contributed by atoms with Crippen LogP contribution in [0.3, 0.4) is 0 Å². The van der Waals surface area contributed by atoms with Gasteiger partial charge in [0, 0.05) is 61.3 Å². The molecule has 5 aliphatic rings. The van der Waals surface area contributed by atoms with Gasteiger partial charge in [-0.1, -0.05) is 92.9 Å². The van der Waals surface area contributed by atoms with Crippen LogP contribution in [0.25, 0.3) is 0 Å². The predicted molar refractivity (Wildman–Crippen MR) is 329 cm³/mol. The normalized spacial score (nSPS) is 29.7. The fourth-order valence-electron chi connectivity index (χ4n) is 13.6. The number of nitrogens with zero attached hydrogens (tertiary/aromatic N) is 7. The first-order valence-electron chi connectivity index (χ1n) is 32.9. The van der Waals surface area contributed by atoms with E-state index in [4.69, 9.17) is 0 Å². The van der Waals surface area contributed by atoms with E-state index < -0.39 is 175 Å². The van der Waals surface area contributed by atoms with E-state index in [2.05, 4.69) is 21.3 Å². The Bertz CT molecular complexity index is 2550. The third-order valence-corrected chi connectivity index (χ3v) is 19.7. The molecule has 2 aliphatic heterocycles. The van der Waals surface area contributed by atoms with E-state index in [0.29, 0.717) is 19.3 Å². The van der Waals surface area contributed by atoms with Gasteiger partial charge in [0.1, 0.15) is 48.0 Å². The summed E-state index contributed by atoms with van der Waals surface area (Å²) >= 11 is 0. The summed E-state index contributed by atoms with van der Waals surface area (Å²) in [6.45, 7) is 11.2. The van der Waals surface area contributed by atoms with E-state index in [0.717, 1.165) is 46.8 Å². The van der Waals surface area contributed by atoms with Gasteiger partial charge < -0.3 is 55.6 Å². The zero-order valence-corrected chi connectivity index (χ0v) is 55.7. The van der Waals surface area contributed by atoms with Crippen molar-refractivity contribution in [1.82, 2.24) is 55.6 Å². The SMILES string of the molecule is CC[C@H](C)[C@@H]1NC(=O)[C@H](CC(C)C)N(C)C(=O)C[C@@H](C)NC(=O)[C@H](CC(C)C)N(C)C(=O)C2(CCCC2)NC(=O)[C@@H]2CCN2C(=O)[C@H](CCC2CCC(C(F)(F)F)C(F)C2)NC(=O)CN(C)C(=O)[C@H](CC2CCCCC2)N(C)C(=O)CN(C)C(=O)CN(C)C1=O. The molecule has 3 unspecified atom stereocenters. The van der Waals surface area contributed by atoms with Gasteiger partial charge in [0.15, 0.2) is 0 Å². The summed E-state index contributed by atoms with van der Waals surface area (Å²) in [6.07, 6.45) is -1.00. The molecule has 11 atom stereocenters. The molecule has 5 rings (SSSR count).